The van der Waals surface area contributed by atoms with Crippen molar-refractivity contribution in [1.29, 1.82) is 0 Å². The molecule has 0 saturated carbocycles. The Morgan fingerprint density at radius 1 is 1.03 bits per heavy atom. The molecule has 4 N–H and O–H groups in total. The summed E-state index contributed by atoms with van der Waals surface area (Å²) >= 11 is 0. The fraction of sp³-hybridized carbons (Fsp3) is 0.286. The Labute approximate surface area is 223 Å². The molecule has 8 nitrogen and oxygen atoms in total. The van der Waals surface area contributed by atoms with Crippen molar-refractivity contribution in [2.75, 3.05) is 62.0 Å². The van der Waals surface area contributed by atoms with Gasteiger partial charge >= 0.3 is 0 Å². The first-order valence-corrected chi connectivity index (χ1v) is 12.6. The number of piperazine rings is 1. The molecule has 0 aliphatic carbocycles. The maximum Gasteiger partial charge on any atom is 0.258 e. The molecular weight excluding hydrogens is 509 g/mol. The van der Waals surface area contributed by atoms with Gasteiger partial charge in [-0.2, -0.15) is 5.10 Å². The maximum atomic E-state index is 13.7. The van der Waals surface area contributed by atoms with E-state index in [-0.39, 0.29) is 17.9 Å². The number of rotatable bonds is 8. The van der Waals surface area contributed by atoms with Crippen molar-refractivity contribution in [1.82, 2.24) is 15.1 Å². The number of benzene rings is 3. The molecule has 1 aromatic heterocycles. The Bertz CT molecular complexity index is 1470. The zero-order chi connectivity index (χ0) is 27.5. The highest BCUT2D eigenvalue weighted by atomic mass is 19.1. The first kappa shape index (κ1) is 26.5. The van der Waals surface area contributed by atoms with Crippen LogP contribution in [0.1, 0.15) is 27.6 Å². The van der Waals surface area contributed by atoms with E-state index in [1.165, 1.54) is 0 Å². The van der Waals surface area contributed by atoms with Gasteiger partial charge in [0.1, 0.15) is 24.4 Å². The van der Waals surface area contributed by atoms with Gasteiger partial charge in [0.25, 0.3) is 5.91 Å². The van der Waals surface area contributed by atoms with Crippen molar-refractivity contribution in [3.8, 4) is 0 Å². The number of nitrogens with zero attached hydrogens (tertiary/aromatic N) is 3. The standard InChI is InChI=1S/C28H29F3N6O2/c1-36-8-10-37(11-9-36)21-3-4-22(25(16-21)32-7-6-29)28(39)33-27-23-14-17(2-5-24(23)34-35-27)26(38)18-12-19(30)15-20(31)13-18/h2-5,12-16,26,32,38H,6-11H2,1H3,(H2,33,34,35,39). The first-order valence-electron chi connectivity index (χ1n) is 12.6. The Balaban J connectivity index is 1.40. The van der Waals surface area contributed by atoms with Gasteiger partial charge in [-0.3, -0.25) is 9.89 Å². The van der Waals surface area contributed by atoms with Crippen LogP contribution in [-0.4, -0.2) is 72.6 Å². The largest absolute Gasteiger partial charge is 0.384 e. The van der Waals surface area contributed by atoms with Crippen molar-refractivity contribution in [2.24, 2.45) is 0 Å². The topological polar surface area (TPSA) is 96.5 Å². The minimum atomic E-state index is -1.29. The van der Waals surface area contributed by atoms with E-state index in [0.29, 0.717) is 27.7 Å². The zero-order valence-corrected chi connectivity index (χ0v) is 21.3. The molecule has 1 saturated heterocycles. The maximum absolute atomic E-state index is 13.7. The smallest absolute Gasteiger partial charge is 0.258 e. The predicted octanol–water partition coefficient (Wildman–Crippen LogP) is 4.31. The number of amides is 1. The third kappa shape index (κ3) is 5.84. The average molecular weight is 539 g/mol. The molecule has 1 atom stereocenters. The molecular formula is C28H29F3N6O2. The van der Waals surface area contributed by atoms with E-state index in [4.69, 9.17) is 0 Å². The SMILES string of the molecule is CN1CCN(c2ccc(C(=O)Nc3n[nH]c4ccc(C(O)c5cc(F)cc(F)c5)cc34)c(NCCF)c2)CC1. The van der Waals surface area contributed by atoms with Crippen molar-refractivity contribution < 1.29 is 23.1 Å². The van der Waals surface area contributed by atoms with Crippen molar-refractivity contribution in [2.45, 2.75) is 6.10 Å². The van der Waals surface area contributed by atoms with Gasteiger partial charge in [-0.15, -0.1) is 0 Å². The number of carbonyl (C=O) groups is 1. The highest BCUT2D eigenvalue weighted by Crippen LogP contribution is 2.30. The minimum Gasteiger partial charge on any atom is -0.384 e. The molecule has 0 bridgehead atoms. The summed E-state index contributed by atoms with van der Waals surface area (Å²) < 4.78 is 40.4. The van der Waals surface area contributed by atoms with E-state index in [0.717, 1.165) is 50.1 Å². The molecule has 1 unspecified atom stereocenters. The number of anilines is 3. The van der Waals surface area contributed by atoms with Crippen LogP contribution in [0, 0.1) is 11.6 Å². The fourth-order valence-corrected chi connectivity index (χ4v) is 4.72. The fourth-order valence-electron chi connectivity index (χ4n) is 4.72. The van der Waals surface area contributed by atoms with E-state index in [9.17, 15) is 23.1 Å². The number of aromatic amines is 1. The third-order valence-electron chi connectivity index (χ3n) is 6.86. The Morgan fingerprint density at radius 3 is 2.49 bits per heavy atom. The van der Waals surface area contributed by atoms with Gasteiger partial charge in [-0.1, -0.05) is 6.07 Å². The molecule has 0 spiro atoms. The molecule has 4 aromatic rings. The lowest BCUT2D eigenvalue weighted by molar-refractivity contribution is 0.102. The van der Waals surface area contributed by atoms with Crippen molar-refractivity contribution in [3.05, 3.63) is 82.9 Å². The highest BCUT2D eigenvalue weighted by molar-refractivity contribution is 6.11. The monoisotopic (exact) mass is 538 g/mol. The Hall–Kier alpha value is -4.09. The van der Waals surface area contributed by atoms with Gasteiger partial charge in [0, 0.05) is 55.6 Å². The molecule has 11 heteroatoms. The number of halogens is 3. The first-order chi connectivity index (χ1) is 18.8. The number of aliphatic hydroxyl groups is 1. The number of hydrogen-bond donors (Lipinski definition) is 4. The average Bonchev–Trinajstić information content (AvgIpc) is 3.33. The van der Waals surface area contributed by atoms with Crippen LogP contribution < -0.4 is 15.5 Å². The molecule has 1 aliphatic heterocycles. The second-order valence-electron chi connectivity index (χ2n) is 9.57. The number of alkyl halides is 1. The summed E-state index contributed by atoms with van der Waals surface area (Å²) in [5.74, 6) is -1.82. The molecule has 1 aliphatic rings. The number of H-pyrrole nitrogens is 1. The molecule has 3 aromatic carbocycles. The van der Waals surface area contributed by atoms with E-state index >= 15 is 0 Å². The summed E-state index contributed by atoms with van der Waals surface area (Å²) in [6.07, 6.45) is -1.29. The summed E-state index contributed by atoms with van der Waals surface area (Å²) in [6, 6.07) is 13.1. The molecule has 1 fully saturated rings. The second-order valence-corrected chi connectivity index (χ2v) is 9.57. The van der Waals surface area contributed by atoms with Crippen LogP contribution in [0.5, 0.6) is 0 Å². The Morgan fingerprint density at radius 2 is 1.77 bits per heavy atom. The van der Waals surface area contributed by atoms with Gasteiger partial charge < -0.3 is 25.5 Å². The quantitative estimate of drug-likeness (QED) is 0.267. The van der Waals surface area contributed by atoms with Crippen LogP contribution in [0.4, 0.5) is 30.4 Å². The lowest BCUT2D eigenvalue weighted by atomic mass is 10.00. The van der Waals surface area contributed by atoms with E-state index in [1.807, 2.05) is 12.1 Å². The highest BCUT2D eigenvalue weighted by Gasteiger charge is 2.20. The normalized spacial score (nSPS) is 14.9. The molecule has 5 rings (SSSR count). The summed E-state index contributed by atoms with van der Waals surface area (Å²) in [5.41, 5.74) is 2.79. The van der Waals surface area contributed by atoms with Crippen LogP contribution in [0.15, 0.2) is 54.6 Å². The van der Waals surface area contributed by atoms with Gasteiger partial charge in [0.15, 0.2) is 5.82 Å². The number of aliphatic hydroxyl groups excluding tert-OH is 1. The van der Waals surface area contributed by atoms with Crippen LogP contribution in [0.25, 0.3) is 10.9 Å². The number of hydrogen-bond acceptors (Lipinski definition) is 6. The van der Waals surface area contributed by atoms with Gasteiger partial charge in [0.05, 0.1) is 11.1 Å². The predicted molar refractivity (Wildman–Crippen MR) is 145 cm³/mol. The number of aromatic nitrogens is 2. The summed E-state index contributed by atoms with van der Waals surface area (Å²) in [5, 5.41) is 24.1. The lowest BCUT2D eigenvalue weighted by Gasteiger charge is -2.34. The summed E-state index contributed by atoms with van der Waals surface area (Å²) in [4.78, 5) is 17.8. The van der Waals surface area contributed by atoms with Crippen LogP contribution in [0.2, 0.25) is 0 Å². The van der Waals surface area contributed by atoms with Crippen LogP contribution >= 0.6 is 0 Å². The van der Waals surface area contributed by atoms with E-state index in [1.54, 1.807) is 24.3 Å². The number of likely N-dealkylation sites (N-methyl/N-ethyl adjacent to an activating group) is 1. The van der Waals surface area contributed by atoms with Crippen LogP contribution in [-0.2, 0) is 0 Å². The summed E-state index contributed by atoms with van der Waals surface area (Å²) in [7, 11) is 2.07. The molecule has 204 valence electrons. The molecule has 39 heavy (non-hydrogen) atoms. The molecule has 1 amide bonds. The third-order valence-corrected chi connectivity index (χ3v) is 6.86. The molecule has 0 radical (unpaired) electrons. The van der Waals surface area contributed by atoms with Crippen LogP contribution in [0.3, 0.4) is 0 Å². The summed E-state index contributed by atoms with van der Waals surface area (Å²) in [6.45, 7) is 3.00. The van der Waals surface area contributed by atoms with E-state index < -0.39 is 30.3 Å². The number of fused-ring (bicyclic) bond motifs is 1. The van der Waals surface area contributed by atoms with Gasteiger partial charge in [-0.25, -0.2) is 13.2 Å². The van der Waals surface area contributed by atoms with Crippen molar-refractivity contribution >= 4 is 34.0 Å². The van der Waals surface area contributed by atoms with E-state index in [2.05, 4.69) is 37.7 Å². The number of carbonyl (C=O) groups excluding carboxylic acids is 1. The van der Waals surface area contributed by atoms with Gasteiger partial charge in [-0.05, 0) is 60.6 Å². The molecule has 2 heterocycles. The Kier molecular flexibility index (Phi) is 7.71. The van der Waals surface area contributed by atoms with Gasteiger partial charge in [0.2, 0.25) is 0 Å². The van der Waals surface area contributed by atoms with Crippen molar-refractivity contribution in [3.63, 3.8) is 0 Å². The zero-order valence-electron chi connectivity index (χ0n) is 21.3. The minimum absolute atomic E-state index is 0.0553. The second kappa shape index (κ2) is 11.3. The number of nitrogens with one attached hydrogen (secondary N) is 3. The lowest BCUT2D eigenvalue weighted by Crippen LogP contribution is -2.44.